The zero-order valence-electron chi connectivity index (χ0n) is 11.0. The normalized spacial score (nSPS) is 10.7. The Balaban J connectivity index is 1.71. The maximum absolute atomic E-state index is 9.71. The molecule has 1 aromatic heterocycles. The fraction of sp³-hybridized carbons (Fsp3) is 0.0625. The molecule has 0 bridgehead atoms. The second-order valence-corrected chi connectivity index (χ2v) is 5.84. The van der Waals surface area contributed by atoms with Gasteiger partial charge >= 0.3 is 0 Å². The highest BCUT2D eigenvalue weighted by Gasteiger charge is 2.08. The van der Waals surface area contributed by atoms with Crippen molar-refractivity contribution in [3.05, 3.63) is 65.6 Å². The lowest BCUT2D eigenvalue weighted by molar-refractivity contribution is 0.462. The Labute approximate surface area is 131 Å². The van der Waals surface area contributed by atoms with Gasteiger partial charge in [-0.2, -0.15) is 0 Å². The van der Waals surface area contributed by atoms with E-state index in [1.54, 1.807) is 18.3 Å². The number of benzene rings is 2. The van der Waals surface area contributed by atoms with Crippen molar-refractivity contribution in [2.24, 2.45) is 0 Å². The van der Waals surface area contributed by atoms with E-state index >= 15 is 0 Å². The summed E-state index contributed by atoms with van der Waals surface area (Å²) in [6, 6.07) is 14.6. The molecule has 0 aliphatic rings. The lowest BCUT2D eigenvalue weighted by Crippen LogP contribution is -1.80. The molecule has 0 unspecified atom stereocenters. The van der Waals surface area contributed by atoms with Crippen molar-refractivity contribution < 1.29 is 9.52 Å². The van der Waals surface area contributed by atoms with Crippen LogP contribution in [0.15, 0.2) is 64.0 Å². The molecule has 3 rings (SSSR count). The fourth-order valence-electron chi connectivity index (χ4n) is 1.84. The highest BCUT2D eigenvalue weighted by Crippen LogP contribution is 2.31. The van der Waals surface area contributed by atoms with Crippen LogP contribution in [0.4, 0.5) is 0 Å². The third kappa shape index (κ3) is 3.40. The molecular weight excluding hydrogens is 306 g/mol. The third-order valence-corrected chi connectivity index (χ3v) is 4.20. The molecule has 0 radical (unpaired) electrons. The van der Waals surface area contributed by atoms with Crippen molar-refractivity contribution in [2.75, 3.05) is 0 Å². The van der Waals surface area contributed by atoms with Crippen LogP contribution in [0.3, 0.4) is 0 Å². The maximum atomic E-state index is 9.71. The summed E-state index contributed by atoms with van der Waals surface area (Å²) >= 11 is 7.35. The first kappa shape index (κ1) is 14.0. The number of rotatable bonds is 4. The molecule has 0 atom stereocenters. The summed E-state index contributed by atoms with van der Waals surface area (Å²) in [7, 11) is 0. The van der Waals surface area contributed by atoms with Gasteiger partial charge in [-0.1, -0.05) is 23.7 Å². The van der Waals surface area contributed by atoms with Crippen LogP contribution in [0.1, 0.15) is 5.89 Å². The summed E-state index contributed by atoms with van der Waals surface area (Å²) in [6.07, 6.45) is 1.70. The molecule has 21 heavy (non-hydrogen) atoms. The Morgan fingerprint density at radius 1 is 1.10 bits per heavy atom. The minimum atomic E-state index is 0.270. The Morgan fingerprint density at radius 2 is 1.86 bits per heavy atom. The summed E-state index contributed by atoms with van der Waals surface area (Å²) < 4.78 is 5.71. The van der Waals surface area contributed by atoms with E-state index in [2.05, 4.69) is 4.98 Å². The van der Waals surface area contributed by atoms with Gasteiger partial charge in [0.05, 0.1) is 11.9 Å². The van der Waals surface area contributed by atoms with E-state index in [0.29, 0.717) is 22.4 Å². The van der Waals surface area contributed by atoms with Crippen LogP contribution in [0.5, 0.6) is 5.75 Å². The molecule has 0 amide bonds. The molecule has 0 aliphatic carbocycles. The average Bonchev–Trinajstić information content (AvgIpc) is 2.96. The van der Waals surface area contributed by atoms with Crippen LogP contribution in [0.2, 0.25) is 5.02 Å². The van der Waals surface area contributed by atoms with Crippen LogP contribution in [-0.4, -0.2) is 10.1 Å². The molecule has 0 spiro atoms. The highest BCUT2D eigenvalue weighted by atomic mass is 35.5. The molecule has 106 valence electrons. The molecule has 1 heterocycles. The first-order valence-electron chi connectivity index (χ1n) is 6.34. The summed E-state index contributed by atoms with van der Waals surface area (Å²) in [6.45, 7) is 0. The molecule has 1 N–H and O–H groups in total. The number of halogens is 1. The number of oxazole rings is 1. The second-order valence-electron chi connectivity index (χ2n) is 4.38. The number of phenolic OH excluding ortho intramolecular Hbond substituents is 1. The number of para-hydroxylation sites is 1. The van der Waals surface area contributed by atoms with E-state index in [4.69, 9.17) is 16.0 Å². The van der Waals surface area contributed by atoms with Crippen LogP contribution < -0.4 is 0 Å². The molecule has 5 heteroatoms. The Kier molecular flexibility index (Phi) is 4.18. The monoisotopic (exact) mass is 317 g/mol. The molecule has 2 aromatic carbocycles. The Hall–Kier alpha value is -1.91. The van der Waals surface area contributed by atoms with Crippen molar-refractivity contribution >= 4 is 23.4 Å². The van der Waals surface area contributed by atoms with Crippen molar-refractivity contribution in [1.29, 1.82) is 0 Å². The molecule has 0 saturated carbocycles. The predicted molar refractivity (Wildman–Crippen MR) is 84.6 cm³/mol. The number of aromatic nitrogens is 1. The molecule has 3 aromatic rings. The van der Waals surface area contributed by atoms with E-state index in [0.717, 1.165) is 10.5 Å². The van der Waals surface area contributed by atoms with E-state index in [9.17, 15) is 5.11 Å². The largest absolute Gasteiger partial charge is 0.507 e. The number of nitrogens with zero attached hydrogens (tertiary/aromatic N) is 1. The fourth-order valence-corrected chi connectivity index (χ4v) is 2.77. The molecule has 3 nitrogen and oxygen atoms in total. The summed E-state index contributed by atoms with van der Waals surface area (Å²) in [5.74, 6) is 2.16. The Morgan fingerprint density at radius 3 is 2.62 bits per heavy atom. The van der Waals surface area contributed by atoms with Gasteiger partial charge in [0.1, 0.15) is 5.75 Å². The number of thioether (sulfide) groups is 1. The minimum absolute atomic E-state index is 0.270. The van der Waals surface area contributed by atoms with Crippen molar-refractivity contribution in [3.63, 3.8) is 0 Å². The van der Waals surface area contributed by atoms with Gasteiger partial charge in [-0.05, 0) is 36.4 Å². The van der Waals surface area contributed by atoms with E-state index in [1.165, 1.54) is 11.8 Å². The van der Waals surface area contributed by atoms with Gasteiger partial charge in [-0.3, -0.25) is 0 Å². The predicted octanol–water partition coefficient (Wildman–Crippen LogP) is 4.99. The van der Waals surface area contributed by atoms with Gasteiger partial charge in [-0.25, -0.2) is 4.98 Å². The summed E-state index contributed by atoms with van der Waals surface area (Å²) in [5, 5.41) is 10.4. The van der Waals surface area contributed by atoms with E-state index in [-0.39, 0.29) is 5.75 Å². The van der Waals surface area contributed by atoms with Gasteiger partial charge in [0, 0.05) is 15.5 Å². The number of phenols is 1. The molecular formula is C16H12ClNO2S. The second kappa shape index (κ2) is 6.24. The van der Waals surface area contributed by atoms with Gasteiger partial charge in [0.25, 0.3) is 0 Å². The van der Waals surface area contributed by atoms with Crippen molar-refractivity contribution in [2.45, 2.75) is 10.6 Å². The smallest absolute Gasteiger partial charge is 0.205 e. The summed E-state index contributed by atoms with van der Waals surface area (Å²) in [5.41, 5.74) is 0.936. The number of hydrogen-bond donors (Lipinski definition) is 1. The quantitative estimate of drug-likeness (QED) is 0.688. The first-order valence-corrected chi connectivity index (χ1v) is 7.70. The topological polar surface area (TPSA) is 46.3 Å². The van der Waals surface area contributed by atoms with Crippen LogP contribution in [0, 0.1) is 0 Å². The SMILES string of the molecule is Oc1ccccc1SCc1ncc(-c2ccc(Cl)cc2)o1. The molecule has 0 aliphatic heterocycles. The van der Waals surface area contributed by atoms with Crippen LogP contribution >= 0.6 is 23.4 Å². The molecule has 0 saturated heterocycles. The number of hydrogen-bond acceptors (Lipinski definition) is 4. The van der Waals surface area contributed by atoms with Gasteiger partial charge in [0.2, 0.25) is 5.89 Å². The minimum Gasteiger partial charge on any atom is -0.507 e. The van der Waals surface area contributed by atoms with Crippen LogP contribution in [-0.2, 0) is 5.75 Å². The molecule has 0 fully saturated rings. The van der Waals surface area contributed by atoms with Gasteiger partial charge < -0.3 is 9.52 Å². The van der Waals surface area contributed by atoms with Gasteiger partial charge in [0.15, 0.2) is 5.76 Å². The lowest BCUT2D eigenvalue weighted by atomic mass is 10.2. The zero-order valence-corrected chi connectivity index (χ0v) is 12.6. The average molecular weight is 318 g/mol. The zero-order chi connectivity index (χ0) is 14.7. The lowest BCUT2D eigenvalue weighted by Gasteiger charge is -2.01. The Bertz CT molecular complexity index is 740. The number of aromatic hydroxyl groups is 1. The van der Waals surface area contributed by atoms with E-state index in [1.807, 2.05) is 36.4 Å². The maximum Gasteiger partial charge on any atom is 0.205 e. The van der Waals surface area contributed by atoms with Crippen molar-refractivity contribution in [3.8, 4) is 17.1 Å². The third-order valence-electron chi connectivity index (χ3n) is 2.90. The van der Waals surface area contributed by atoms with E-state index < -0.39 is 0 Å². The van der Waals surface area contributed by atoms with Crippen LogP contribution in [0.25, 0.3) is 11.3 Å². The summed E-state index contributed by atoms with van der Waals surface area (Å²) in [4.78, 5) is 5.07. The highest BCUT2D eigenvalue weighted by molar-refractivity contribution is 7.98. The van der Waals surface area contributed by atoms with Crippen molar-refractivity contribution in [1.82, 2.24) is 4.98 Å². The van der Waals surface area contributed by atoms with Gasteiger partial charge in [-0.15, -0.1) is 11.8 Å². The standard InChI is InChI=1S/C16H12ClNO2S/c17-12-7-5-11(6-8-12)14-9-18-16(20-14)10-21-15-4-2-1-3-13(15)19/h1-9,19H,10H2. The first-order chi connectivity index (χ1) is 10.2.